The minimum Gasteiger partial charge on any atom is -0.252 e. The fourth-order valence-electron chi connectivity index (χ4n) is 1.90. The van der Waals surface area contributed by atoms with Crippen LogP contribution in [0.25, 0.3) is 20.0 Å². The topological polar surface area (TPSA) is 25.8 Å². The van der Waals surface area contributed by atoms with Gasteiger partial charge in [-0.15, -0.1) is 0 Å². The van der Waals surface area contributed by atoms with Crippen LogP contribution in [0.1, 0.15) is 11.3 Å². The van der Waals surface area contributed by atoms with Crippen molar-refractivity contribution in [1.82, 2.24) is 9.97 Å². The van der Waals surface area contributed by atoms with Gasteiger partial charge in [0.1, 0.15) is 0 Å². The summed E-state index contributed by atoms with van der Waals surface area (Å²) < 4.78 is 1.76. The van der Waals surface area contributed by atoms with Gasteiger partial charge in [0.25, 0.3) is 0 Å². The molecule has 0 spiro atoms. The molecule has 0 bridgehead atoms. The van der Waals surface area contributed by atoms with E-state index in [1.54, 1.807) is 6.20 Å². The van der Waals surface area contributed by atoms with E-state index >= 15 is 0 Å². The van der Waals surface area contributed by atoms with Gasteiger partial charge in [-0.25, -0.2) is 4.98 Å². The highest BCUT2D eigenvalue weighted by Crippen LogP contribution is 2.35. The predicted octanol–water partition coefficient (Wildman–Crippen LogP) is 5.90. The maximum Gasteiger partial charge on any atom is 0.0974 e. The molecule has 1 aromatic heterocycles. The Bertz CT molecular complexity index is 829. The van der Waals surface area contributed by atoms with Crippen molar-refractivity contribution in [3.8, 4) is 0 Å². The molecule has 0 fully saturated rings. The fraction of sp³-hybridized carbons (Fsp3) is 0. The third kappa shape index (κ3) is 3.18. The highest BCUT2D eigenvalue weighted by molar-refractivity contribution is 9.18. The summed E-state index contributed by atoms with van der Waals surface area (Å²) in [5, 5.41) is 0.709. The number of nitrogens with zero attached hydrogens (tertiary/aromatic N) is 2. The molecule has 2 nitrogen and oxygen atoms in total. The first-order valence-corrected chi connectivity index (χ1v) is 8.15. The Balaban J connectivity index is 2.07. The molecule has 0 atom stereocenters. The Hall–Kier alpha value is -1.23. The molecule has 3 rings (SSSR count). The highest BCUT2D eigenvalue weighted by atomic mass is 79.9. The summed E-state index contributed by atoms with van der Waals surface area (Å²) in [6.45, 7) is 0. The van der Waals surface area contributed by atoms with Crippen molar-refractivity contribution in [3.05, 3.63) is 71.0 Å². The lowest BCUT2D eigenvalue weighted by Crippen LogP contribution is -1.90. The molecule has 2 aromatic carbocycles. The van der Waals surface area contributed by atoms with E-state index in [2.05, 4.69) is 41.8 Å². The standard InChI is InChI=1S/C16H9Br2ClN2/c17-15(10-5-7-11(19)8-6-10)16(18)14-9-20-12-3-1-2-4-13(12)21-14/h1-9H/b16-15+. The maximum absolute atomic E-state index is 5.91. The van der Waals surface area contributed by atoms with Crippen molar-refractivity contribution in [2.24, 2.45) is 0 Å². The molecular formula is C16H9Br2ClN2. The molecule has 0 N–H and O–H groups in total. The van der Waals surface area contributed by atoms with Gasteiger partial charge in [0, 0.05) is 9.51 Å². The summed E-state index contributed by atoms with van der Waals surface area (Å²) >= 11 is 13.1. The van der Waals surface area contributed by atoms with Gasteiger partial charge >= 0.3 is 0 Å². The molecule has 21 heavy (non-hydrogen) atoms. The lowest BCUT2D eigenvalue weighted by molar-refractivity contribution is 1.26. The first-order valence-electron chi connectivity index (χ1n) is 6.18. The summed E-state index contributed by atoms with van der Waals surface area (Å²) in [6, 6.07) is 15.4. The third-order valence-electron chi connectivity index (χ3n) is 2.96. The van der Waals surface area contributed by atoms with E-state index in [0.29, 0.717) is 5.02 Å². The van der Waals surface area contributed by atoms with Crippen LogP contribution >= 0.6 is 43.5 Å². The van der Waals surface area contributed by atoms with E-state index in [4.69, 9.17) is 11.6 Å². The van der Waals surface area contributed by atoms with Crippen LogP contribution in [0.4, 0.5) is 0 Å². The van der Waals surface area contributed by atoms with Crippen molar-refractivity contribution >= 4 is 63.5 Å². The number of hydrogen-bond donors (Lipinski definition) is 0. The molecule has 0 amide bonds. The fourth-order valence-corrected chi connectivity index (χ4v) is 2.91. The van der Waals surface area contributed by atoms with Gasteiger partial charge in [0.05, 0.1) is 27.4 Å². The van der Waals surface area contributed by atoms with E-state index < -0.39 is 0 Å². The van der Waals surface area contributed by atoms with Gasteiger partial charge in [-0.05, 0) is 61.7 Å². The van der Waals surface area contributed by atoms with Gasteiger partial charge in [-0.1, -0.05) is 35.9 Å². The van der Waals surface area contributed by atoms with Crippen LogP contribution in [0.3, 0.4) is 0 Å². The Morgan fingerprint density at radius 3 is 2.24 bits per heavy atom. The monoisotopic (exact) mass is 422 g/mol. The lowest BCUT2D eigenvalue weighted by Gasteiger charge is -2.06. The summed E-state index contributed by atoms with van der Waals surface area (Å²) in [5.74, 6) is 0. The zero-order chi connectivity index (χ0) is 14.8. The van der Waals surface area contributed by atoms with Crippen LogP contribution < -0.4 is 0 Å². The van der Waals surface area contributed by atoms with Gasteiger partial charge < -0.3 is 0 Å². The van der Waals surface area contributed by atoms with Gasteiger partial charge in [0.15, 0.2) is 0 Å². The molecule has 0 unspecified atom stereocenters. The first kappa shape index (κ1) is 14.7. The van der Waals surface area contributed by atoms with E-state index in [-0.39, 0.29) is 0 Å². The Labute approximate surface area is 144 Å². The van der Waals surface area contributed by atoms with Gasteiger partial charge in [0.2, 0.25) is 0 Å². The van der Waals surface area contributed by atoms with E-state index in [1.165, 1.54) is 0 Å². The number of aromatic nitrogens is 2. The van der Waals surface area contributed by atoms with Crippen LogP contribution in [-0.4, -0.2) is 9.97 Å². The molecule has 0 aliphatic heterocycles. The maximum atomic E-state index is 5.91. The SMILES string of the molecule is Clc1ccc(/C(Br)=C(\Br)c2cnc3ccccc3n2)cc1. The molecule has 0 aliphatic rings. The Morgan fingerprint density at radius 1 is 0.857 bits per heavy atom. The number of halogens is 3. The second kappa shape index (κ2) is 6.26. The summed E-state index contributed by atoms with van der Waals surface area (Å²) in [7, 11) is 0. The van der Waals surface area contributed by atoms with Crippen LogP contribution in [0, 0.1) is 0 Å². The Kier molecular flexibility index (Phi) is 4.38. The lowest BCUT2D eigenvalue weighted by atomic mass is 10.2. The third-order valence-corrected chi connectivity index (χ3v) is 5.40. The first-order chi connectivity index (χ1) is 10.1. The van der Waals surface area contributed by atoms with Gasteiger partial charge in [-0.2, -0.15) is 0 Å². The van der Waals surface area contributed by atoms with E-state index in [1.807, 2.05) is 48.5 Å². The molecule has 0 radical (unpaired) electrons. The Morgan fingerprint density at radius 2 is 1.52 bits per heavy atom. The normalized spacial score (nSPS) is 12.3. The molecule has 5 heteroatoms. The number of fused-ring (bicyclic) bond motifs is 1. The number of para-hydroxylation sites is 2. The summed E-state index contributed by atoms with van der Waals surface area (Å²) in [4.78, 5) is 9.04. The largest absolute Gasteiger partial charge is 0.252 e. The zero-order valence-corrected chi connectivity index (χ0v) is 14.7. The van der Waals surface area contributed by atoms with Crippen LogP contribution in [0.2, 0.25) is 5.02 Å². The van der Waals surface area contributed by atoms with Crippen molar-refractivity contribution < 1.29 is 0 Å². The van der Waals surface area contributed by atoms with Crippen LogP contribution in [-0.2, 0) is 0 Å². The number of hydrogen-bond acceptors (Lipinski definition) is 2. The average Bonchev–Trinajstić information content (AvgIpc) is 2.54. The number of benzene rings is 2. The van der Waals surface area contributed by atoms with Crippen molar-refractivity contribution in [3.63, 3.8) is 0 Å². The highest BCUT2D eigenvalue weighted by Gasteiger charge is 2.09. The average molecular weight is 425 g/mol. The molecule has 1 heterocycles. The number of rotatable bonds is 2. The smallest absolute Gasteiger partial charge is 0.0974 e. The van der Waals surface area contributed by atoms with Crippen molar-refractivity contribution in [2.45, 2.75) is 0 Å². The summed E-state index contributed by atoms with van der Waals surface area (Å²) in [6.07, 6.45) is 1.75. The second-order valence-corrected chi connectivity index (χ2v) is 6.40. The molecule has 104 valence electrons. The van der Waals surface area contributed by atoms with Crippen LogP contribution in [0.5, 0.6) is 0 Å². The quantitative estimate of drug-likeness (QED) is 0.512. The molecular weight excluding hydrogens is 415 g/mol. The van der Waals surface area contributed by atoms with Crippen molar-refractivity contribution in [1.29, 1.82) is 0 Å². The minimum absolute atomic E-state index is 0.709. The van der Waals surface area contributed by atoms with E-state index in [9.17, 15) is 0 Å². The molecule has 0 saturated carbocycles. The molecule has 0 saturated heterocycles. The second-order valence-electron chi connectivity index (χ2n) is 4.38. The predicted molar refractivity (Wildman–Crippen MR) is 95.7 cm³/mol. The van der Waals surface area contributed by atoms with Crippen molar-refractivity contribution in [2.75, 3.05) is 0 Å². The van der Waals surface area contributed by atoms with Gasteiger partial charge in [-0.3, -0.25) is 4.98 Å². The van der Waals surface area contributed by atoms with Crippen LogP contribution in [0.15, 0.2) is 54.7 Å². The molecule has 0 aliphatic carbocycles. The minimum atomic E-state index is 0.709. The summed E-state index contributed by atoms with van der Waals surface area (Å²) in [5.41, 5.74) is 3.53. The van der Waals surface area contributed by atoms with E-state index in [0.717, 1.165) is 31.3 Å². The molecule has 3 aromatic rings. The zero-order valence-electron chi connectivity index (χ0n) is 10.7.